The van der Waals surface area contributed by atoms with Crippen LogP contribution in [0.1, 0.15) is 17.7 Å². The Morgan fingerprint density at radius 2 is 2.47 bits per heavy atom. The fourth-order valence-corrected chi connectivity index (χ4v) is 2.27. The van der Waals surface area contributed by atoms with Crippen molar-refractivity contribution in [2.75, 3.05) is 0 Å². The van der Waals surface area contributed by atoms with Gasteiger partial charge in [-0.05, 0) is 29.9 Å². The van der Waals surface area contributed by atoms with Crippen LogP contribution in [0.4, 0.5) is 0 Å². The maximum atomic E-state index is 10.7. The quantitative estimate of drug-likeness (QED) is 0.772. The van der Waals surface area contributed by atoms with Gasteiger partial charge in [0.2, 0.25) is 0 Å². The number of allylic oxidation sites excluding steroid dienone is 1. The number of fused-ring (bicyclic) bond motifs is 1. The summed E-state index contributed by atoms with van der Waals surface area (Å²) >= 11 is 0. The number of rotatable bonds is 3. The van der Waals surface area contributed by atoms with Crippen LogP contribution in [0.15, 0.2) is 29.4 Å². The molecule has 1 heterocycles. The summed E-state index contributed by atoms with van der Waals surface area (Å²) in [7, 11) is 0. The van der Waals surface area contributed by atoms with Gasteiger partial charge in [-0.15, -0.1) is 6.58 Å². The molecule has 0 aromatic carbocycles. The van der Waals surface area contributed by atoms with Crippen LogP contribution < -0.4 is 0 Å². The molecule has 1 aromatic heterocycles. The number of carbonyl (C=O) groups is 1. The van der Waals surface area contributed by atoms with Crippen LogP contribution in [0.25, 0.3) is 0 Å². The Balaban J connectivity index is 2.19. The molecule has 0 spiro atoms. The van der Waals surface area contributed by atoms with Crippen molar-refractivity contribution < 1.29 is 14.3 Å². The molecule has 1 N–H and O–H groups in total. The van der Waals surface area contributed by atoms with Crippen LogP contribution in [0.2, 0.25) is 0 Å². The lowest BCUT2D eigenvalue weighted by atomic mass is 9.77. The molecule has 0 bridgehead atoms. The highest BCUT2D eigenvalue weighted by atomic mass is 16.4. The van der Waals surface area contributed by atoms with Crippen LogP contribution in [-0.4, -0.2) is 11.1 Å². The molecule has 0 amide bonds. The first-order chi connectivity index (χ1) is 7.20. The number of hydrogen-bond acceptors (Lipinski definition) is 2. The van der Waals surface area contributed by atoms with Gasteiger partial charge in [-0.2, -0.15) is 0 Å². The zero-order valence-electron chi connectivity index (χ0n) is 8.48. The van der Waals surface area contributed by atoms with Gasteiger partial charge in [0, 0.05) is 12.8 Å². The second kappa shape index (κ2) is 3.93. The molecule has 2 atom stereocenters. The first-order valence-corrected chi connectivity index (χ1v) is 5.10. The first-order valence-electron chi connectivity index (χ1n) is 5.10. The number of carboxylic acid groups (broad SMARTS) is 1. The second-order valence-electron chi connectivity index (χ2n) is 4.03. The van der Waals surface area contributed by atoms with E-state index in [1.165, 1.54) is 0 Å². The van der Waals surface area contributed by atoms with E-state index in [2.05, 4.69) is 6.58 Å². The van der Waals surface area contributed by atoms with E-state index in [1.54, 1.807) is 6.26 Å². The average molecular weight is 206 g/mol. The van der Waals surface area contributed by atoms with Crippen LogP contribution >= 0.6 is 0 Å². The highest BCUT2D eigenvalue weighted by Gasteiger charge is 2.29. The number of carboxylic acids is 1. The van der Waals surface area contributed by atoms with Crippen molar-refractivity contribution in [1.82, 2.24) is 0 Å². The van der Waals surface area contributed by atoms with E-state index in [4.69, 9.17) is 9.52 Å². The highest BCUT2D eigenvalue weighted by Crippen LogP contribution is 2.33. The molecule has 2 unspecified atom stereocenters. The summed E-state index contributed by atoms with van der Waals surface area (Å²) in [5, 5.41) is 8.82. The fourth-order valence-electron chi connectivity index (χ4n) is 2.27. The standard InChI is InChI=1S/C12H14O3/c1-2-8-6-11-9(3-4-15-11)5-10(8)7-12(13)14/h2-4,8,10H,1,5-7H2,(H,13,14). The van der Waals surface area contributed by atoms with Crippen molar-refractivity contribution in [3.63, 3.8) is 0 Å². The van der Waals surface area contributed by atoms with E-state index in [-0.39, 0.29) is 18.3 Å². The smallest absolute Gasteiger partial charge is 0.303 e. The average Bonchev–Trinajstić information content (AvgIpc) is 2.62. The highest BCUT2D eigenvalue weighted by molar-refractivity contribution is 5.67. The monoisotopic (exact) mass is 206 g/mol. The van der Waals surface area contributed by atoms with E-state index in [0.29, 0.717) is 0 Å². The van der Waals surface area contributed by atoms with Gasteiger partial charge in [-0.1, -0.05) is 6.08 Å². The third-order valence-corrected chi connectivity index (χ3v) is 3.09. The Morgan fingerprint density at radius 1 is 1.67 bits per heavy atom. The zero-order valence-corrected chi connectivity index (χ0v) is 8.48. The topological polar surface area (TPSA) is 50.4 Å². The van der Waals surface area contributed by atoms with Crippen molar-refractivity contribution in [2.24, 2.45) is 11.8 Å². The minimum absolute atomic E-state index is 0.157. The van der Waals surface area contributed by atoms with Gasteiger partial charge in [0.05, 0.1) is 6.26 Å². The molecule has 0 saturated heterocycles. The minimum atomic E-state index is -0.737. The van der Waals surface area contributed by atoms with E-state index in [1.807, 2.05) is 12.1 Å². The predicted octanol–water partition coefficient (Wildman–Crippen LogP) is 2.27. The van der Waals surface area contributed by atoms with Gasteiger partial charge in [0.1, 0.15) is 5.76 Å². The summed E-state index contributed by atoms with van der Waals surface area (Å²) < 4.78 is 5.35. The fraction of sp³-hybridized carbons (Fsp3) is 0.417. The molecular weight excluding hydrogens is 192 g/mol. The molecule has 0 radical (unpaired) electrons. The lowest BCUT2D eigenvalue weighted by molar-refractivity contribution is -0.138. The lowest BCUT2D eigenvalue weighted by Crippen LogP contribution is -2.25. The SMILES string of the molecule is C=CC1Cc2occc2CC1CC(=O)O. The number of hydrogen-bond donors (Lipinski definition) is 1. The van der Waals surface area contributed by atoms with Gasteiger partial charge in [0.15, 0.2) is 0 Å². The summed E-state index contributed by atoms with van der Waals surface area (Å²) in [6, 6.07) is 1.93. The third-order valence-electron chi connectivity index (χ3n) is 3.09. The maximum absolute atomic E-state index is 10.7. The molecule has 1 aromatic rings. The normalized spacial score (nSPS) is 24.5. The molecule has 3 heteroatoms. The summed E-state index contributed by atoms with van der Waals surface area (Å²) in [6.45, 7) is 3.76. The molecular formula is C12H14O3. The van der Waals surface area contributed by atoms with Gasteiger partial charge < -0.3 is 9.52 Å². The lowest BCUT2D eigenvalue weighted by Gasteiger charge is -2.27. The molecule has 15 heavy (non-hydrogen) atoms. The zero-order chi connectivity index (χ0) is 10.8. The molecule has 0 fully saturated rings. The minimum Gasteiger partial charge on any atom is -0.481 e. The molecule has 3 nitrogen and oxygen atoms in total. The molecule has 1 aliphatic rings. The van der Waals surface area contributed by atoms with E-state index >= 15 is 0 Å². The molecule has 80 valence electrons. The Bertz CT molecular complexity index is 378. The molecule has 2 rings (SSSR count). The first kappa shape index (κ1) is 10.0. The van der Waals surface area contributed by atoms with Crippen LogP contribution in [0.3, 0.4) is 0 Å². The van der Waals surface area contributed by atoms with Crippen molar-refractivity contribution >= 4 is 5.97 Å². The Hall–Kier alpha value is -1.51. The Labute approximate surface area is 88.4 Å². The Kier molecular flexibility index (Phi) is 2.62. The summed E-state index contributed by atoms with van der Waals surface area (Å²) in [6.07, 6.45) is 5.30. The summed E-state index contributed by atoms with van der Waals surface area (Å²) in [4.78, 5) is 10.7. The van der Waals surface area contributed by atoms with Crippen molar-refractivity contribution in [3.05, 3.63) is 36.3 Å². The van der Waals surface area contributed by atoms with E-state index in [9.17, 15) is 4.79 Å². The van der Waals surface area contributed by atoms with Gasteiger partial charge >= 0.3 is 5.97 Å². The predicted molar refractivity (Wildman–Crippen MR) is 55.5 cm³/mol. The van der Waals surface area contributed by atoms with Crippen molar-refractivity contribution in [3.8, 4) is 0 Å². The number of furan rings is 1. The summed E-state index contributed by atoms with van der Waals surface area (Å²) in [5.74, 6) is 0.630. The van der Waals surface area contributed by atoms with Gasteiger partial charge in [0.25, 0.3) is 0 Å². The van der Waals surface area contributed by atoms with Crippen molar-refractivity contribution in [2.45, 2.75) is 19.3 Å². The largest absolute Gasteiger partial charge is 0.481 e. The van der Waals surface area contributed by atoms with E-state index in [0.717, 1.165) is 24.2 Å². The van der Waals surface area contributed by atoms with E-state index < -0.39 is 5.97 Å². The van der Waals surface area contributed by atoms with Crippen LogP contribution in [0.5, 0.6) is 0 Å². The van der Waals surface area contributed by atoms with Crippen LogP contribution in [0, 0.1) is 11.8 Å². The third kappa shape index (κ3) is 1.96. The van der Waals surface area contributed by atoms with Crippen LogP contribution in [-0.2, 0) is 17.6 Å². The molecule has 0 saturated carbocycles. The molecule has 0 aliphatic heterocycles. The molecule has 1 aliphatic carbocycles. The van der Waals surface area contributed by atoms with Gasteiger partial charge in [-0.25, -0.2) is 0 Å². The van der Waals surface area contributed by atoms with Crippen molar-refractivity contribution in [1.29, 1.82) is 0 Å². The Morgan fingerprint density at radius 3 is 3.13 bits per heavy atom. The number of aliphatic carboxylic acids is 1. The maximum Gasteiger partial charge on any atom is 0.303 e. The second-order valence-corrected chi connectivity index (χ2v) is 4.03. The van der Waals surface area contributed by atoms with Gasteiger partial charge in [-0.3, -0.25) is 4.79 Å². The summed E-state index contributed by atoms with van der Waals surface area (Å²) in [5.41, 5.74) is 1.15.